The van der Waals surface area contributed by atoms with Gasteiger partial charge >= 0.3 is 0 Å². The third-order valence-corrected chi connectivity index (χ3v) is 2.25. The highest BCUT2D eigenvalue weighted by atomic mass is 16.3. The average molecular weight is 247 g/mol. The molecule has 0 radical (unpaired) electrons. The van der Waals surface area contributed by atoms with Crippen LogP contribution < -0.4 is 16.4 Å². The van der Waals surface area contributed by atoms with E-state index in [1.165, 1.54) is 0 Å². The van der Waals surface area contributed by atoms with E-state index in [0.717, 1.165) is 0 Å². The fourth-order valence-corrected chi connectivity index (χ4v) is 1.02. The molecular formula is C10H21N3O4. The van der Waals surface area contributed by atoms with Crippen molar-refractivity contribution >= 4 is 11.8 Å². The number of carbonyl (C=O) groups excluding carboxylic acids is 2. The normalized spacial score (nSPS) is 12.6. The third kappa shape index (κ3) is 6.20. The van der Waals surface area contributed by atoms with Gasteiger partial charge in [-0.1, -0.05) is 13.8 Å². The topological polar surface area (TPSA) is 125 Å². The SMILES string of the molecule is CC(C)[C@H](N)C(=O)NCC(=O)NC(CO)CO. The van der Waals surface area contributed by atoms with Crippen molar-refractivity contribution in [2.75, 3.05) is 19.8 Å². The maximum absolute atomic E-state index is 11.4. The van der Waals surface area contributed by atoms with E-state index >= 15 is 0 Å². The molecule has 0 saturated heterocycles. The standard InChI is InChI=1S/C10H21N3O4/c1-6(2)9(11)10(17)12-3-8(16)13-7(4-14)5-15/h6-7,9,14-15H,3-5,11H2,1-2H3,(H,12,17)(H,13,16)/t9-/m0/s1. The molecule has 7 heteroatoms. The van der Waals surface area contributed by atoms with Crippen LogP contribution in [0.1, 0.15) is 13.8 Å². The zero-order valence-electron chi connectivity index (χ0n) is 10.1. The molecule has 0 unspecified atom stereocenters. The maximum Gasteiger partial charge on any atom is 0.239 e. The second kappa shape index (κ2) is 7.99. The zero-order valence-corrected chi connectivity index (χ0v) is 10.1. The van der Waals surface area contributed by atoms with Crippen LogP contribution in [0.25, 0.3) is 0 Å². The van der Waals surface area contributed by atoms with E-state index in [0.29, 0.717) is 0 Å². The van der Waals surface area contributed by atoms with Crippen LogP contribution in [0, 0.1) is 5.92 Å². The molecule has 0 rings (SSSR count). The minimum atomic E-state index is -0.710. The molecule has 100 valence electrons. The molecule has 0 saturated carbocycles. The van der Waals surface area contributed by atoms with Crippen molar-refractivity contribution in [3.8, 4) is 0 Å². The molecule has 0 aliphatic carbocycles. The number of nitrogens with one attached hydrogen (secondary N) is 2. The van der Waals surface area contributed by atoms with Crippen LogP contribution in [0.4, 0.5) is 0 Å². The number of aliphatic hydroxyl groups excluding tert-OH is 2. The summed E-state index contributed by atoms with van der Waals surface area (Å²) in [6.07, 6.45) is 0. The summed E-state index contributed by atoms with van der Waals surface area (Å²) >= 11 is 0. The predicted molar refractivity (Wildman–Crippen MR) is 61.9 cm³/mol. The van der Waals surface area contributed by atoms with Gasteiger partial charge in [-0.05, 0) is 5.92 Å². The molecule has 0 spiro atoms. The van der Waals surface area contributed by atoms with Gasteiger partial charge in [0.1, 0.15) is 0 Å². The van der Waals surface area contributed by atoms with E-state index < -0.39 is 23.9 Å². The molecule has 0 fully saturated rings. The Bertz CT molecular complexity index is 254. The molecule has 0 aromatic heterocycles. The lowest BCUT2D eigenvalue weighted by molar-refractivity contribution is -0.127. The third-order valence-electron chi connectivity index (χ3n) is 2.25. The van der Waals surface area contributed by atoms with Gasteiger partial charge in [-0.3, -0.25) is 9.59 Å². The minimum absolute atomic E-state index is 0.0132. The fourth-order valence-electron chi connectivity index (χ4n) is 1.02. The smallest absolute Gasteiger partial charge is 0.239 e. The lowest BCUT2D eigenvalue weighted by Gasteiger charge is -2.16. The van der Waals surface area contributed by atoms with Gasteiger partial charge in [0.05, 0.1) is 31.8 Å². The lowest BCUT2D eigenvalue weighted by Crippen LogP contribution is -2.49. The summed E-state index contributed by atoms with van der Waals surface area (Å²) in [5.74, 6) is -0.900. The van der Waals surface area contributed by atoms with Crippen LogP contribution in [0.15, 0.2) is 0 Å². The van der Waals surface area contributed by atoms with Crippen LogP contribution >= 0.6 is 0 Å². The van der Waals surface area contributed by atoms with Crippen molar-refractivity contribution in [3.63, 3.8) is 0 Å². The van der Waals surface area contributed by atoms with E-state index in [1.807, 2.05) is 0 Å². The monoisotopic (exact) mass is 247 g/mol. The van der Waals surface area contributed by atoms with E-state index in [-0.39, 0.29) is 25.7 Å². The van der Waals surface area contributed by atoms with Gasteiger partial charge in [-0.15, -0.1) is 0 Å². The van der Waals surface area contributed by atoms with Gasteiger partial charge in [0.25, 0.3) is 0 Å². The van der Waals surface area contributed by atoms with E-state index in [4.69, 9.17) is 15.9 Å². The molecule has 0 aliphatic rings. The maximum atomic E-state index is 11.4. The number of hydrogen-bond acceptors (Lipinski definition) is 5. The predicted octanol–water partition coefficient (Wildman–Crippen LogP) is -2.44. The summed E-state index contributed by atoms with van der Waals surface area (Å²) in [4.78, 5) is 22.7. The molecule has 6 N–H and O–H groups in total. The van der Waals surface area contributed by atoms with Crippen molar-refractivity contribution in [1.82, 2.24) is 10.6 Å². The quantitative estimate of drug-likeness (QED) is 0.342. The molecule has 17 heavy (non-hydrogen) atoms. The molecule has 0 bridgehead atoms. The van der Waals surface area contributed by atoms with Crippen molar-refractivity contribution < 1.29 is 19.8 Å². The second-order valence-corrected chi connectivity index (χ2v) is 4.12. The first-order valence-electron chi connectivity index (χ1n) is 5.46. The largest absolute Gasteiger partial charge is 0.394 e. The van der Waals surface area contributed by atoms with Gasteiger partial charge < -0.3 is 26.6 Å². The Balaban J connectivity index is 3.95. The summed E-state index contributed by atoms with van der Waals surface area (Å²) in [6.45, 7) is 2.66. The number of rotatable bonds is 7. The molecule has 1 atom stereocenters. The van der Waals surface area contributed by atoms with Crippen LogP contribution in [-0.2, 0) is 9.59 Å². The Morgan fingerprint density at radius 3 is 2.18 bits per heavy atom. The number of amides is 2. The first kappa shape index (κ1) is 15.8. The highest BCUT2D eigenvalue weighted by Gasteiger charge is 2.18. The molecule has 0 aromatic carbocycles. The molecule has 7 nitrogen and oxygen atoms in total. The zero-order chi connectivity index (χ0) is 13.4. The van der Waals surface area contributed by atoms with E-state index in [9.17, 15) is 9.59 Å². The fraction of sp³-hybridized carbons (Fsp3) is 0.800. The van der Waals surface area contributed by atoms with Crippen molar-refractivity contribution in [3.05, 3.63) is 0 Å². The molecule has 2 amide bonds. The number of hydrogen-bond donors (Lipinski definition) is 5. The van der Waals surface area contributed by atoms with Crippen LogP contribution in [-0.4, -0.2) is 53.9 Å². The molecule has 0 aliphatic heterocycles. The number of carbonyl (C=O) groups is 2. The lowest BCUT2D eigenvalue weighted by atomic mass is 10.1. The Kier molecular flexibility index (Phi) is 7.44. The molecular weight excluding hydrogens is 226 g/mol. The van der Waals surface area contributed by atoms with Crippen molar-refractivity contribution in [2.45, 2.75) is 25.9 Å². The Morgan fingerprint density at radius 2 is 1.76 bits per heavy atom. The van der Waals surface area contributed by atoms with Crippen LogP contribution in [0.2, 0.25) is 0 Å². The number of aliphatic hydroxyl groups is 2. The highest BCUT2D eigenvalue weighted by Crippen LogP contribution is 1.97. The summed E-state index contributed by atoms with van der Waals surface area (Å²) in [5, 5.41) is 22.2. The summed E-state index contributed by atoms with van der Waals surface area (Å²) < 4.78 is 0. The molecule has 0 heterocycles. The van der Waals surface area contributed by atoms with E-state index in [1.54, 1.807) is 13.8 Å². The van der Waals surface area contributed by atoms with Gasteiger partial charge in [-0.25, -0.2) is 0 Å². The Hall–Kier alpha value is -1.18. The first-order chi connectivity index (χ1) is 7.92. The Morgan fingerprint density at radius 1 is 1.24 bits per heavy atom. The highest BCUT2D eigenvalue weighted by molar-refractivity contribution is 5.87. The van der Waals surface area contributed by atoms with Crippen molar-refractivity contribution in [2.24, 2.45) is 11.7 Å². The van der Waals surface area contributed by atoms with Gasteiger partial charge in [-0.2, -0.15) is 0 Å². The van der Waals surface area contributed by atoms with Gasteiger partial charge in [0.2, 0.25) is 11.8 Å². The van der Waals surface area contributed by atoms with Crippen molar-refractivity contribution in [1.29, 1.82) is 0 Å². The van der Waals surface area contributed by atoms with Crippen LogP contribution in [0.3, 0.4) is 0 Å². The average Bonchev–Trinajstić information content (AvgIpc) is 2.31. The van der Waals surface area contributed by atoms with E-state index in [2.05, 4.69) is 10.6 Å². The van der Waals surface area contributed by atoms with Gasteiger partial charge in [0, 0.05) is 0 Å². The first-order valence-corrected chi connectivity index (χ1v) is 5.46. The summed E-state index contributed by atoms with van der Waals surface area (Å²) in [5.41, 5.74) is 5.58. The summed E-state index contributed by atoms with van der Waals surface area (Å²) in [6, 6.07) is -1.37. The second-order valence-electron chi connectivity index (χ2n) is 4.12. The summed E-state index contributed by atoms with van der Waals surface area (Å²) in [7, 11) is 0. The number of nitrogens with two attached hydrogens (primary N) is 1. The van der Waals surface area contributed by atoms with Gasteiger partial charge in [0.15, 0.2) is 0 Å². The molecule has 0 aromatic rings. The van der Waals surface area contributed by atoms with Crippen LogP contribution in [0.5, 0.6) is 0 Å². The Labute approximate surface area is 100 Å². The minimum Gasteiger partial charge on any atom is -0.394 e.